The second-order valence-electron chi connectivity index (χ2n) is 7.39. The third-order valence-electron chi connectivity index (χ3n) is 5.19. The van der Waals surface area contributed by atoms with Crippen LogP contribution in [0.3, 0.4) is 0 Å². The summed E-state index contributed by atoms with van der Waals surface area (Å²) in [6.07, 6.45) is 1.61. The Labute approximate surface area is 202 Å². The fourth-order valence-electron chi connectivity index (χ4n) is 3.45. The van der Waals surface area contributed by atoms with Crippen LogP contribution in [0.2, 0.25) is 0 Å². The van der Waals surface area contributed by atoms with E-state index in [1.807, 2.05) is 0 Å². The molecule has 0 aliphatic heterocycles. The number of nitrogens with zero attached hydrogens (tertiary/aromatic N) is 3. The second-order valence-corrected chi connectivity index (χ2v) is 9.96. The van der Waals surface area contributed by atoms with E-state index in [1.165, 1.54) is 28.0 Å². The van der Waals surface area contributed by atoms with Crippen LogP contribution in [0.25, 0.3) is 33.7 Å². The molecule has 0 bridgehead atoms. The van der Waals surface area contributed by atoms with E-state index in [0.717, 1.165) is 0 Å². The Morgan fingerprint density at radius 2 is 1.71 bits per heavy atom. The highest BCUT2D eigenvalue weighted by molar-refractivity contribution is 7.89. The fourth-order valence-corrected chi connectivity index (χ4v) is 4.86. The summed E-state index contributed by atoms with van der Waals surface area (Å²) in [6.45, 7) is 0. The Balaban J connectivity index is 1.46. The van der Waals surface area contributed by atoms with Crippen LogP contribution in [0.5, 0.6) is 11.5 Å². The molecule has 5 aromatic rings. The zero-order valence-electron chi connectivity index (χ0n) is 18.5. The first-order chi connectivity index (χ1) is 16.8. The van der Waals surface area contributed by atoms with Crippen molar-refractivity contribution in [2.75, 3.05) is 14.2 Å². The monoisotopic (exact) mass is 510 g/mol. The van der Waals surface area contributed by atoms with E-state index in [0.29, 0.717) is 49.5 Å². The molecule has 0 radical (unpaired) electrons. The van der Waals surface area contributed by atoms with Crippen LogP contribution < -0.4 is 24.7 Å². The summed E-state index contributed by atoms with van der Waals surface area (Å²) in [5.74, 6) is 2.48. The molecule has 0 fully saturated rings. The van der Waals surface area contributed by atoms with E-state index >= 15 is 0 Å². The van der Waals surface area contributed by atoms with Crippen LogP contribution in [0.4, 0.5) is 0 Å². The number of hydrogen-bond donors (Lipinski definition) is 1. The van der Waals surface area contributed by atoms with Crippen molar-refractivity contribution in [1.29, 1.82) is 0 Å². The topological polar surface area (TPSA) is 139 Å². The average Bonchev–Trinajstić information content (AvgIpc) is 3.55. The summed E-state index contributed by atoms with van der Waals surface area (Å²) in [6, 6.07) is 14.7. The van der Waals surface area contributed by atoms with Crippen molar-refractivity contribution in [1.82, 2.24) is 14.6 Å². The molecule has 3 heterocycles. The zero-order chi connectivity index (χ0) is 24.7. The lowest BCUT2D eigenvalue weighted by atomic mass is 10.2. The maximum atomic E-state index is 12.9. The molecule has 10 nitrogen and oxygen atoms in total. The SMILES string of the molecule is COc1ccc(-c2nc3s/c(=C\c4ccc(-c5ccc(S(N)(=O)=O)cc5)o4)c(=O)n3n2)cc1OC. The minimum absolute atomic E-state index is 0.0115. The number of nitrogens with two attached hydrogens (primary N) is 1. The normalized spacial score (nSPS) is 12.4. The molecule has 0 saturated carbocycles. The van der Waals surface area contributed by atoms with Gasteiger partial charge >= 0.3 is 0 Å². The van der Waals surface area contributed by atoms with E-state index in [9.17, 15) is 13.2 Å². The van der Waals surface area contributed by atoms with Crippen LogP contribution in [-0.2, 0) is 10.0 Å². The molecule has 3 aromatic heterocycles. The molecule has 0 spiro atoms. The van der Waals surface area contributed by atoms with Crippen molar-refractivity contribution < 1.29 is 22.3 Å². The summed E-state index contributed by atoms with van der Waals surface area (Å²) in [5.41, 5.74) is 1.04. The number of rotatable bonds is 6. The van der Waals surface area contributed by atoms with Crippen molar-refractivity contribution in [3.05, 3.63) is 75.2 Å². The number of fused-ring (bicyclic) bond motifs is 1. The number of methoxy groups -OCH3 is 2. The molecule has 0 aliphatic rings. The Kier molecular flexibility index (Phi) is 5.63. The second kappa shape index (κ2) is 8.65. The fraction of sp³-hybridized carbons (Fsp3) is 0.0870. The van der Waals surface area contributed by atoms with Crippen LogP contribution in [0.15, 0.2) is 68.7 Å². The maximum Gasteiger partial charge on any atom is 0.291 e. The minimum atomic E-state index is -3.77. The first kappa shape index (κ1) is 22.8. The molecule has 178 valence electrons. The van der Waals surface area contributed by atoms with Gasteiger partial charge in [0.1, 0.15) is 16.1 Å². The molecule has 0 atom stereocenters. The molecule has 2 N–H and O–H groups in total. The Morgan fingerprint density at radius 3 is 2.37 bits per heavy atom. The van der Waals surface area contributed by atoms with Crippen molar-refractivity contribution in [3.8, 4) is 34.2 Å². The quantitative estimate of drug-likeness (QED) is 0.367. The van der Waals surface area contributed by atoms with E-state index in [-0.39, 0.29) is 10.5 Å². The van der Waals surface area contributed by atoms with Gasteiger partial charge in [-0.15, -0.1) is 5.10 Å². The van der Waals surface area contributed by atoms with E-state index in [2.05, 4.69) is 10.1 Å². The molecule has 5 rings (SSSR count). The molecule has 12 heteroatoms. The zero-order valence-corrected chi connectivity index (χ0v) is 20.1. The van der Waals surface area contributed by atoms with Crippen molar-refractivity contribution in [3.63, 3.8) is 0 Å². The molecular formula is C23H18N4O6S2. The van der Waals surface area contributed by atoms with E-state index in [4.69, 9.17) is 19.0 Å². The van der Waals surface area contributed by atoms with Crippen molar-refractivity contribution in [2.45, 2.75) is 4.90 Å². The first-order valence-electron chi connectivity index (χ1n) is 10.1. The van der Waals surface area contributed by atoms with Gasteiger partial charge in [0.2, 0.25) is 15.0 Å². The van der Waals surface area contributed by atoms with Gasteiger partial charge in [-0.2, -0.15) is 9.50 Å². The first-order valence-corrected chi connectivity index (χ1v) is 12.5. The number of furan rings is 1. The van der Waals surface area contributed by atoms with Gasteiger partial charge in [-0.3, -0.25) is 4.79 Å². The molecule has 0 amide bonds. The largest absolute Gasteiger partial charge is 0.493 e. The number of hydrogen-bond acceptors (Lipinski definition) is 9. The minimum Gasteiger partial charge on any atom is -0.493 e. The van der Waals surface area contributed by atoms with E-state index < -0.39 is 10.0 Å². The van der Waals surface area contributed by atoms with Crippen LogP contribution >= 0.6 is 11.3 Å². The molecule has 0 unspecified atom stereocenters. The Hall–Kier alpha value is -4.00. The number of aromatic nitrogens is 3. The maximum absolute atomic E-state index is 12.9. The van der Waals surface area contributed by atoms with Gasteiger partial charge in [0.25, 0.3) is 5.56 Å². The number of ether oxygens (including phenoxy) is 2. The molecule has 35 heavy (non-hydrogen) atoms. The lowest BCUT2D eigenvalue weighted by Gasteiger charge is -2.07. The summed E-state index contributed by atoms with van der Waals surface area (Å²) in [4.78, 5) is 17.8. The number of benzene rings is 2. The van der Waals surface area contributed by atoms with Gasteiger partial charge in [-0.1, -0.05) is 11.3 Å². The lowest BCUT2D eigenvalue weighted by Crippen LogP contribution is -2.23. The molecule has 0 saturated heterocycles. The van der Waals surface area contributed by atoms with Gasteiger partial charge in [-0.05, 0) is 54.6 Å². The van der Waals surface area contributed by atoms with Crippen molar-refractivity contribution >= 4 is 32.4 Å². The molecule has 2 aromatic carbocycles. The predicted molar refractivity (Wildman–Crippen MR) is 130 cm³/mol. The third-order valence-corrected chi connectivity index (χ3v) is 7.08. The number of sulfonamides is 1. The van der Waals surface area contributed by atoms with Gasteiger partial charge in [0, 0.05) is 17.2 Å². The summed E-state index contributed by atoms with van der Waals surface area (Å²) >= 11 is 1.19. The summed E-state index contributed by atoms with van der Waals surface area (Å²) in [5, 5.41) is 9.49. The van der Waals surface area contributed by atoms with Crippen LogP contribution in [0, 0.1) is 0 Å². The Bertz CT molecular complexity index is 1770. The van der Waals surface area contributed by atoms with Crippen LogP contribution in [-0.4, -0.2) is 37.2 Å². The third kappa shape index (κ3) is 4.30. The lowest BCUT2D eigenvalue weighted by molar-refractivity contribution is 0.355. The summed E-state index contributed by atoms with van der Waals surface area (Å²) < 4.78 is 40.9. The molecule has 0 aliphatic carbocycles. The Morgan fingerprint density at radius 1 is 1.00 bits per heavy atom. The predicted octanol–water partition coefficient (Wildman–Crippen LogP) is 2.29. The smallest absolute Gasteiger partial charge is 0.291 e. The number of thiazole rings is 1. The van der Waals surface area contributed by atoms with Gasteiger partial charge < -0.3 is 13.9 Å². The summed E-state index contributed by atoms with van der Waals surface area (Å²) in [7, 11) is -0.681. The van der Waals surface area contributed by atoms with Gasteiger partial charge in [0.15, 0.2) is 17.3 Å². The standard InChI is InChI=1S/C23H18N4O6S2/c1-31-18-9-5-14(11-19(18)32-2)21-25-23-27(26-21)22(28)20(34-23)12-15-6-10-17(33-15)13-3-7-16(8-4-13)35(24,29)30/h3-12H,1-2H3,(H2,24,29,30)/b20-12-. The highest BCUT2D eigenvalue weighted by Crippen LogP contribution is 2.31. The van der Waals surface area contributed by atoms with Crippen LogP contribution in [0.1, 0.15) is 5.76 Å². The van der Waals surface area contributed by atoms with Gasteiger partial charge in [-0.25, -0.2) is 13.6 Å². The molecular weight excluding hydrogens is 492 g/mol. The average molecular weight is 511 g/mol. The van der Waals surface area contributed by atoms with Gasteiger partial charge in [0.05, 0.1) is 19.1 Å². The van der Waals surface area contributed by atoms with E-state index in [1.54, 1.807) is 62.8 Å². The highest BCUT2D eigenvalue weighted by atomic mass is 32.2. The highest BCUT2D eigenvalue weighted by Gasteiger charge is 2.15. The van der Waals surface area contributed by atoms with Crippen molar-refractivity contribution in [2.24, 2.45) is 5.14 Å². The number of primary sulfonamides is 1.